The molecule has 0 fully saturated rings. The van der Waals surface area contributed by atoms with Crippen molar-refractivity contribution in [1.29, 1.82) is 0 Å². The quantitative estimate of drug-likeness (QED) is 0.751. The minimum atomic E-state index is -4.61. The zero-order valence-electron chi connectivity index (χ0n) is 11.6. The van der Waals surface area contributed by atoms with E-state index in [1.807, 2.05) is 13.8 Å². The standard InChI is InChI=1S/C12H19F3N4O/c1-4-16-9-5-10(17-6-8(20)7(2)3)19-11(18-9)12(13,14)15/h5,7-8,20H,4,6H2,1-3H3,(H2,16,17,18,19). The van der Waals surface area contributed by atoms with E-state index >= 15 is 0 Å². The number of nitrogens with zero attached hydrogens (tertiary/aromatic N) is 2. The first-order valence-corrected chi connectivity index (χ1v) is 6.36. The van der Waals surface area contributed by atoms with Crippen LogP contribution in [0.4, 0.5) is 24.8 Å². The average Bonchev–Trinajstić information content (AvgIpc) is 2.35. The van der Waals surface area contributed by atoms with E-state index in [0.717, 1.165) is 0 Å². The Hall–Kier alpha value is -1.57. The molecule has 0 saturated carbocycles. The molecule has 0 aromatic carbocycles. The van der Waals surface area contributed by atoms with Crippen LogP contribution in [0.25, 0.3) is 0 Å². The molecule has 0 amide bonds. The zero-order valence-corrected chi connectivity index (χ0v) is 11.6. The van der Waals surface area contributed by atoms with Crippen LogP contribution in [0.3, 0.4) is 0 Å². The summed E-state index contributed by atoms with van der Waals surface area (Å²) in [6, 6.07) is 1.38. The predicted molar refractivity (Wildman–Crippen MR) is 70.5 cm³/mol. The van der Waals surface area contributed by atoms with E-state index in [4.69, 9.17) is 0 Å². The van der Waals surface area contributed by atoms with Gasteiger partial charge in [-0.3, -0.25) is 0 Å². The third-order valence-electron chi connectivity index (χ3n) is 2.60. The summed E-state index contributed by atoms with van der Waals surface area (Å²) >= 11 is 0. The fourth-order valence-corrected chi connectivity index (χ4v) is 1.38. The van der Waals surface area contributed by atoms with Crippen LogP contribution in [0.2, 0.25) is 0 Å². The third kappa shape index (κ3) is 4.84. The molecule has 20 heavy (non-hydrogen) atoms. The van der Waals surface area contributed by atoms with Crippen molar-refractivity contribution in [2.75, 3.05) is 23.7 Å². The second kappa shape index (κ2) is 6.74. The number of aliphatic hydroxyl groups excluding tert-OH is 1. The molecule has 1 unspecified atom stereocenters. The number of hydrogen-bond acceptors (Lipinski definition) is 5. The van der Waals surface area contributed by atoms with Gasteiger partial charge in [0.15, 0.2) is 0 Å². The van der Waals surface area contributed by atoms with E-state index in [9.17, 15) is 18.3 Å². The van der Waals surface area contributed by atoms with Gasteiger partial charge >= 0.3 is 6.18 Å². The smallest absolute Gasteiger partial charge is 0.391 e. The number of nitrogens with one attached hydrogen (secondary N) is 2. The lowest BCUT2D eigenvalue weighted by molar-refractivity contribution is -0.144. The largest absolute Gasteiger partial charge is 0.451 e. The Morgan fingerprint density at radius 3 is 2.20 bits per heavy atom. The molecule has 5 nitrogen and oxygen atoms in total. The van der Waals surface area contributed by atoms with Crippen molar-refractivity contribution in [3.63, 3.8) is 0 Å². The van der Waals surface area contributed by atoms with Gasteiger partial charge in [-0.2, -0.15) is 13.2 Å². The molecule has 1 atom stereocenters. The maximum atomic E-state index is 12.7. The summed E-state index contributed by atoms with van der Waals surface area (Å²) in [5.74, 6) is -1.09. The lowest BCUT2D eigenvalue weighted by Gasteiger charge is -2.16. The summed E-state index contributed by atoms with van der Waals surface area (Å²) in [6.45, 7) is 5.96. The van der Waals surface area contributed by atoms with Crippen molar-refractivity contribution >= 4 is 11.6 Å². The molecule has 0 saturated heterocycles. The van der Waals surface area contributed by atoms with Gasteiger partial charge in [0.2, 0.25) is 5.82 Å². The van der Waals surface area contributed by atoms with E-state index in [-0.39, 0.29) is 24.1 Å². The summed E-state index contributed by atoms with van der Waals surface area (Å²) in [5.41, 5.74) is 0. The number of anilines is 2. The highest BCUT2D eigenvalue weighted by molar-refractivity contribution is 5.47. The SMILES string of the molecule is CCNc1cc(NCC(O)C(C)C)nc(C(F)(F)F)n1. The van der Waals surface area contributed by atoms with Crippen LogP contribution < -0.4 is 10.6 Å². The van der Waals surface area contributed by atoms with Gasteiger partial charge in [-0.25, -0.2) is 9.97 Å². The van der Waals surface area contributed by atoms with Crippen LogP contribution >= 0.6 is 0 Å². The molecule has 1 rings (SSSR count). The molecule has 1 heterocycles. The lowest BCUT2D eigenvalue weighted by atomic mass is 10.1. The van der Waals surface area contributed by atoms with Crippen LogP contribution in [0, 0.1) is 5.92 Å². The number of halogens is 3. The average molecular weight is 292 g/mol. The van der Waals surface area contributed by atoms with Gasteiger partial charge in [-0.15, -0.1) is 0 Å². The fourth-order valence-electron chi connectivity index (χ4n) is 1.38. The van der Waals surface area contributed by atoms with Crippen LogP contribution in [-0.2, 0) is 6.18 Å². The van der Waals surface area contributed by atoms with Crippen LogP contribution in [0.5, 0.6) is 0 Å². The van der Waals surface area contributed by atoms with Gasteiger partial charge in [0.05, 0.1) is 6.10 Å². The van der Waals surface area contributed by atoms with E-state index in [2.05, 4.69) is 20.6 Å². The van der Waals surface area contributed by atoms with Gasteiger partial charge in [0, 0.05) is 19.2 Å². The molecule has 0 aliphatic heterocycles. The number of aliphatic hydroxyl groups is 1. The maximum Gasteiger partial charge on any atom is 0.451 e. The molecular weight excluding hydrogens is 273 g/mol. The lowest BCUT2D eigenvalue weighted by Crippen LogP contribution is -2.25. The van der Waals surface area contributed by atoms with Gasteiger partial charge in [-0.05, 0) is 12.8 Å². The molecule has 114 valence electrons. The monoisotopic (exact) mass is 292 g/mol. The summed E-state index contributed by atoms with van der Waals surface area (Å²) in [6.07, 6.45) is -5.28. The van der Waals surface area contributed by atoms with E-state index in [1.54, 1.807) is 6.92 Å². The van der Waals surface area contributed by atoms with Gasteiger partial charge in [0.1, 0.15) is 11.6 Å². The van der Waals surface area contributed by atoms with Crippen molar-refractivity contribution in [2.24, 2.45) is 5.92 Å². The van der Waals surface area contributed by atoms with Crippen molar-refractivity contribution in [1.82, 2.24) is 9.97 Å². The minimum Gasteiger partial charge on any atom is -0.391 e. The Bertz CT molecular complexity index is 437. The first kappa shape index (κ1) is 16.5. The molecule has 1 aromatic heterocycles. The van der Waals surface area contributed by atoms with E-state index in [1.165, 1.54) is 6.07 Å². The summed E-state index contributed by atoms with van der Waals surface area (Å²) < 4.78 is 38.1. The van der Waals surface area contributed by atoms with E-state index < -0.39 is 18.1 Å². The number of hydrogen-bond donors (Lipinski definition) is 3. The van der Waals surface area contributed by atoms with Crippen molar-refractivity contribution in [2.45, 2.75) is 33.1 Å². The Morgan fingerprint density at radius 2 is 1.75 bits per heavy atom. The molecule has 0 aliphatic carbocycles. The molecule has 0 aliphatic rings. The summed E-state index contributed by atoms with van der Waals surface area (Å²) in [5, 5.41) is 15.1. The van der Waals surface area contributed by atoms with Crippen molar-refractivity contribution in [3.8, 4) is 0 Å². The van der Waals surface area contributed by atoms with Gasteiger partial charge in [0.25, 0.3) is 0 Å². The highest BCUT2D eigenvalue weighted by Gasteiger charge is 2.35. The first-order chi connectivity index (χ1) is 9.24. The van der Waals surface area contributed by atoms with Crippen molar-refractivity contribution in [3.05, 3.63) is 11.9 Å². The number of alkyl halides is 3. The third-order valence-corrected chi connectivity index (χ3v) is 2.60. The fraction of sp³-hybridized carbons (Fsp3) is 0.667. The molecule has 8 heteroatoms. The van der Waals surface area contributed by atoms with Gasteiger partial charge in [-0.1, -0.05) is 13.8 Å². The zero-order chi connectivity index (χ0) is 15.3. The Kier molecular flexibility index (Phi) is 5.55. The predicted octanol–water partition coefficient (Wildman–Crippen LogP) is 2.36. The molecule has 0 spiro atoms. The summed E-state index contributed by atoms with van der Waals surface area (Å²) in [4.78, 5) is 6.83. The van der Waals surface area contributed by atoms with Crippen LogP contribution in [-0.4, -0.2) is 34.3 Å². The normalized spacial score (nSPS) is 13.4. The minimum absolute atomic E-state index is 0.000314. The number of aromatic nitrogens is 2. The molecule has 1 aromatic rings. The van der Waals surface area contributed by atoms with Crippen LogP contribution in [0.15, 0.2) is 6.07 Å². The molecule has 0 radical (unpaired) electrons. The van der Waals surface area contributed by atoms with Gasteiger partial charge < -0.3 is 15.7 Å². The highest BCUT2D eigenvalue weighted by Crippen LogP contribution is 2.28. The topological polar surface area (TPSA) is 70.1 Å². The first-order valence-electron chi connectivity index (χ1n) is 6.36. The molecular formula is C12H19F3N4O. The second-order valence-corrected chi connectivity index (χ2v) is 4.68. The molecule has 3 N–H and O–H groups in total. The Morgan fingerprint density at radius 1 is 1.20 bits per heavy atom. The van der Waals surface area contributed by atoms with Crippen molar-refractivity contribution < 1.29 is 18.3 Å². The highest BCUT2D eigenvalue weighted by atomic mass is 19.4. The summed E-state index contributed by atoms with van der Waals surface area (Å²) in [7, 11) is 0. The maximum absolute atomic E-state index is 12.7. The molecule has 0 bridgehead atoms. The second-order valence-electron chi connectivity index (χ2n) is 4.68. The van der Waals surface area contributed by atoms with E-state index in [0.29, 0.717) is 6.54 Å². The number of rotatable bonds is 6. The Labute approximate surface area is 115 Å². The van der Waals surface area contributed by atoms with Crippen LogP contribution in [0.1, 0.15) is 26.6 Å². The Balaban J connectivity index is 2.91.